The molecule has 0 aliphatic carbocycles. The van der Waals surface area contributed by atoms with Crippen molar-refractivity contribution in [3.8, 4) is 0 Å². The van der Waals surface area contributed by atoms with Crippen LogP contribution >= 0.6 is 57.0 Å². The average molecular weight is 443 g/mol. The minimum Gasteiger partial charge on any atom is -0.107 e. The van der Waals surface area contributed by atoms with Crippen molar-refractivity contribution in [3.05, 3.63) is 0 Å². The molecular weight excluding hydrogens is 442 g/mol. The first-order valence-corrected chi connectivity index (χ1v) is 4.98. The predicted molar refractivity (Wildman–Crippen MR) is 38.4 cm³/mol. The number of hydrogen-bond donors (Lipinski definition) is 0. The van der Waals surface area contributed by atoms with E-state index in [0.717, 1.165) is 0 Å². The third kappa shape index (κ3) is 8.82. The molecule has 0 saturated heterocycles. The van der Waals surface area contributed by atoms with Gasteiger partial charge in [-0.05, 0) is 12.7 Å². The third-order valence-corrected chi connectivity index (χ3v) is 0. The second-order valence-corrected chi connectivity index (χ2v) is 0. The molecular formula is HAgBrI2. The minimum atomic E-state index is 0. The van der Waals surface area contributed by atoms with Crippen LogP contribution in [0, 0.1) is 0 Å². The van der Waals surface area contributed by atoms with Crippen molar-refractivity contribution in [1.29, 1.82) is 0 Å². The quantitative estimate of drug-likeness (QED) is 0.399. The monoisotopic (exact) mass is 441 g/mol. The molecule has 0 aliphatic heterocycles. The molecule has 33 valence electrons. The van der Waals surface area contributed by atoms with Crippen LogP contribution < -0.4 is 0 Å². The van der Waals surface area contributed by atoms with Crippen LogP contribution in [0.4, 0.5) is 0 Å². The zero-order valence-corrected chi connectivity index (χ0v) is 9.02. The molecule has 4 heteroatoms. The van der Waals surface area contributed by atoms with E-state index in [1.54, 1.807) is 0 Å². The van der Waals surface area contributed by atoms with Gasteiger partial charge in [0.2, 0.25) is 0 Å². The molecule has 0 heterocycles. The van der Waals surface area contributed by atoms with Gasteiger partial charge in [0.25, 0.3) is 0 Å². The summed E-state index contributed by atoms with van der Waals surface area (Å²) >= 11 is 4.87. The second-order valence-electron chi connectivity index (χ2n) is 0. The van der Waals surface area contributed by atoms with Crippen LogP contribution in [0.5, 0.6) is 0 Å². The maximum absolute atomic E-state index is 2.91. The van der Waals surface area contributed by atoms with Gasteiger partial charge >= 0.3 is 0 Å². The van der Waals surface area contributed by atoms with Gasteiger partial charge in [0.1, 0.15) is 0 Å². The maximum atomic E-state index is 2.91. The van der Waals surface area contributed by atoms with Gasteiger partial charge in [-0.3, -0.25) is 0 Å². The Balaban J connectivity index is -0.00000000500. The molecule has 0 nitrogen and oxygen atoms in total. The molecule has 0 spiro atoms. The molecule has 0 aromatic carbocycles. The normalized spacial score (nSPS) is 1.50. The Morgan fingerprint density at radius 3 is 1.25 bits per heavy atom. The summed E-state index contributed by atoms with van der Waals surface area (Å²) in [6.45, 7) is 0. The van der Waals surface area contributed by atoms with Gasteiger partial charge in [-0.1, -0.05) is 0 Å². The minimum absolute atomic E-state index is 0. The van der Waals surface area contributed by atoms with Crippen molar-refractivity contribution in [2.24, 2.45) is 0 Å². The Kier molecular flexibility index (Phi) is 68.9. The molecule has 0 bridgehead atoms. The maximum Gasteiger partial charge on any atom is 0.00711 e. The Bertz CT molecular complexity index is 6.00. The first-order chi connectivity index (χ1) is 1.00. The summed E-state index contributed by atoms with van der Waals surface area (Å²) in [4.78, 5) is 0. The number of rotatable bonds is 0. The summed E-state index contributed by atoms with van der Waals surface area (Å²) in [6, 6.07) is 0. The zero-order chi connectivity index (χ0) is 2.00. The Morgan fingerprint density at radius 2 is 1.25 bits per heavy atom. The van der Waals surface area contributed by atoms with E-state index < -0.39 is 0 Å². The molecule has 1 radical (unpaired) electrons. The summed E-state index contributed by atoms with van der Waals surface area (Å²) in [5, 5.41) is 0. The first kappa shape index (κ1) is 15.9. The molecule has 0 rings (SSSR count). The van der Waals surface area contributed by atoms with Gasteiger partial charge in [-0.25, -0.2) is 0 Å². The molecule has 0 atom stereocenters. The topological polar surface area (TPSA) is 0 Å². The van der Waals surface area contributed by atoms with Crippen LogP contribution in [0.3, 0.4) is 0 Å². The van der Waals surface area contributed by atoms with Crippen LogP contribution in [-0.2, 0) is 22.4 Å². The van der Waals surface area contributed by atoms with E-state index in [2.05, 4.69) is 12.7 Å². The van der Waals surface area contributed by atoms with Gasteiger partial charge in [0, 0.05) is 42.7 Å². The van der Waals surface area contributed by atoms with Crippen molar-refractivity contribution < 1.29 is 22.4 Å². The Hall–Kier alpha value is 2.68. The fourth-order valence-electron chi connectivity index (χ4n) is 0. The molecule has 0 saturated carbocycles. The van der Waals surface area contributed by atoms with Crippen LogP contribution in [-0.4, -0.2) is 0 Å². The van der Waals surface area contributed by atoms with E-state index in [4.69, 9.17) is 0 Å². The van der Waals surface area contributed by atoms with Crippen molar-refractivity contribution in [3.63, 3.8) is 0 Å². The Labute approximate surface area is 77.9 Å². The average Bonchev–Trinajstić information content (AvgIpc) is 1.00. The van der Waals surface area contributed by atoms with Crippen LogP contribution in [0.25, 0.3) is 0 Å². The van der Waals surface area contributed by atoms with E-state index in [9.17, 15) is 0 Å². The fourth-order valence-corrected chi connectivity index (χ4v) is 0. The van der Waals surface area contributed by atoms with Gasteiger partial charge < -0.3 is 0 Å². The van der Waals surface area contributed by atoms with Gasteiger partial charge in [-0.15, -0.1) is 24.0 Å². The molecule has 0 N–H and O–H groups in total. The first-order valence-electron chi connectivity index (χ1n) is 0.143. The SMILES string of the molecule is BrI.I.[Ag]. The molecule has 0 fully saturated rings. The second kappa shape index (κ2) is 17.3. The standard InChI is InChI=1S/Ag.BrI.HI/c;1-2;/h;;1H. The Morgan fingerprint density at radius 1 is 1.25 bits per heavy atom. The molecule has 0 aromatic heterocycles. The molecule has 0 amide bonds. The summed E-state index contributed by atoms with van der Waals surface area (Å²) in [7, 11) is 0. The van der Waals surface area contributed by atoms with E-state index in [0.29, 0.717) is 0 Å². The van der Waals surface area contributed by atoms with E-state index >= 15 is 0 Å². The van der Waals surface area contributed by atoms with E-state index in [1.807, 2.05) is 20.4 Å². The zero-order valence-electron chi connectivity index (χ0n) is 1.47. The van der Waals surface area contributed by atoms with Crippen molar-refractivity contribution in [1.82, 2.24) is 0 Å². The predicted octanol–water partition coefficient (Wildman–Crippen LogP) is 2.35. The van der Waals surface area contributed by atoms with E-state index in [1.165, 1.54) is 0 Å². The summed E-state index contributed by atoms with van der Waals surface area (Å²) < 4.78 is 0. The summed E-state index contributed by atoms with van der Waals surface area (Å²) in [5.41, 5.74) is 0. The van der Waals surface area contributed by atoms with Crippen LogP contribution in [0.2, 0.25) is 0 Å². The van der Waals surface area contributed by atoms with Gasteiger partial charge in [-0.2, -0.15) is 0 Å². The smallest absolute Gasteiger partial charge is 0.00711 e. The third-order valence-electron chi connectivity index (χ3n) is 0. The molecule has 0 unspecified atom stereocenters. The van der Waals surface area contributed by atoms with Gasteiger partial charge in [0.05, 0.1) is 0 Å². The summed E-state index contributed by atoms with van der Waals surface area (Å²) in [5.74, 6) is 0. The number of hydrogen-bond acceptors (Lipinski definition) is 0. The largest absolute Gasteiger partial charge is 0.107 e. The fraction of sp³-hybridized carbons (Fsp3) is 0. The van der Waals surface area contributed by atoms with Crippen LogP contribution in [0.15, 0.2) is 0 Å². The molecule has 0 aromatic rings. The number of halogens is 3. The van der Waals surface area contributed by atoms with Crippen LogP contribution in [0.1, 0.15) is 0 Å². The molecule has 0 aliphatic rings. The van der Waals surface area contributed by atoms with Gasteiger partial charge in [0.15, 0.2) is 0 Å². The van der Waals surface area contributed by atoms with E-state index in [-0.39, 0.29) is 46.4 Å². The summed E-state index contributed by atoms with van der Waals surface area (Å²) in [6.07, 6.45) is 0. The van der Waals surface area contributed by atoms with Crippen molar-refractivity contribution >= 4 is 57.0 Å². The van der Waals surface area contributed by atoms with Crippen molar-refractivity contribution in [2.75, 3.05) is 0 Å². The van der Waals surface area contributed by atoms with Crippen molar-refractivity contribution in [2.45, 2.75) is 0 Å². The molecule has 4 heavy (non-hydrogen) atoms.